The molecule has 0 heterocycles. The van der Waals surface area contributed by atoms with Crippen LogP contribution in [0.3, 0.4) is 0 Å². The molecule has 0 aliphatic carbocycles. The van der Waals surface area contributed by atoms with Crippen molar-refractivity contribution in [3.63, 3.8) is 0 Å². The van der Waals surface area contributed by atoms with Gasteiger partial charge in [-0.1, -0.05) is 17.7 Å². The van der Waals surface area contributed by atoms with Crippen molar-refractivity contribution in [2.24, 2.45) is 0 Å². The van der Waals surface area contributed by atoms with Crippen LogP contribution in [0.25, 0.3) is 0 Å². The quantitative estimate of drug-likeness (QED) is 0.311. The summed E-state index contributed by atoms with van der Waals surface area (Å²) in [5, 5.41) is 10.7. The molecule has 0 aliphatic heterocycles. The fourth-order valence-electron chi connectivity index (χ4n) is 2.76. The third-order valence-electron chi connectivity index (χ3n) is 4.66. The number of non-ortho nitro benzene ring substituents is 1. The topological polar surface area (TPSA) is 107 Å². The predicted molar refractivity (Wildman–Crippen MR) is 115 cm³/mol. The van der Waals surface area contributed by atoms with Gasteiger partial charge in [0.05, 0.1) is 21.1 Å². The summed E-state index contributed by atoms with van der Waals surface area (Å²) in [5.41, 5.74) is 2.17. The highest BCUT2D eigenvalue weighted by Crippen LogP contribution is 2.23. The van der Waals surface area contributed by atoms with Gasteiger partial charge in [-0.05, 0) is 61.0 Å². The van der Waals surface area contributed by atoms with Gasteiger partial charge in [-0.15, -0.1) is 0 Å². The van der Waals surface area contributed by atoms with Gasteiger partial charge < -0.3 is 4.74 Å². The first-order chi connectivity index (χ1) is 14.7. The first-order valence-electron chi connectivity index (χ1n) is 9.24. The van der Waals surface area contributed by atoms with Crippen molar-refractivity contribution < 1.29 is 22.9 Å². The van der Waals surface area contributed by atoms with Crippen LogP contribution < -0.4 is 4.31 Å². The fourth-order valence-corrected chi connectivity index (χ4v) is 3.96. The number of nitrogens with zero attached hydrogens (tertiary/aromatic N) is 2. The van der Waals surface area contributed by atoms with Gasteiger partial charge in [0.2, 0.25) is 0 Å². The molecule has 160 valence electrons. The van der Waals surface area contributed by atoms with E-state index < -0.39 is 20.9 Å². The number of sulfonamides is 1. The largest absolute Gasteiger partial charge is 0.457 e. The Morgan fingerprint density at radius 3 is 2.10 bits per heavy atom. The third kappa shape index (κ3) is 5.07. The van der Waals surface area contributed by atoms with Crippen LogP contribution in [0.2, 0.25) is 0 Å². The Balaban J connectivity index is 1.66. The van der Waals surface area contributed by atoms with E-state index in [4.69, 9.17) is 4.74 Å². The minimum Gasteiger partial charge on any atom is -0.457 e. The summed E-state index contributed by atoms with van der Waals surface area (Å²) in [7, 11) is -2.29. The van der Waals surface area contributed by atoms with E-state index in [0.717, 1.165) is 9.87 Å². The maximum Gasteiger partial charge on any atom is 0.338 e. The molecule has 0 saturated heterocycles. The van der Waals surface area contributed by atoms with Crippen molar-refractivity contribution in [1.82, 2.24) is 0 Å². The normalized spacial score (nSPS) is 11.0. The number of hydrogen-bond donors (Lipinski definition) is 0. The molecule has 9 heteroatoms. The van der Waals surface area contributed by atoms with Crippen molar-refractivity contribution in [2.75, 3.05) is 11.4 Å². The standard InChI is InChI=1S/C22H20N2O6S/c1-16-3-13-21(14-4-16)31(28,29)23(2)19-11-7-18(8-12-19)22(25)30-15-17-5-9-20(10-6-17)24(26)27/h3-14H,15H2,1-2H3. The molecule has 0 aromatic heterocycles. The second-order valence-corrected chi connectivity index (χ2v) is 8.80. The molecular weight excluding hydrogens is 420 g/mol. The van der Waals surface area contributed by atoms with Crippen molar-refractivity contribution in [2.45, 2.75) is 18.4 Å². The van der Waals surface area contributed by atoms with Crippen molar-refractivity contribution >= 4 is 27.4 Å². The van der Waals surface area contributed by atoms with Crippen LogP contribution in [0.4, 0.5) is 11.4 Å². The Bertz CT molecular complexity index is 1190. The van der Waals surface area contributed by atoms with Crippen molar-refractivity contribution in [3.8, 4) is 0 Å². The van der Waals surface area contributed by atoms with E-state index in [9.17, 15) is 23.3 Å². The second kappa shape index (κ2) is 8.97. The van der Waals surface area contributed by atoms with Crippen molar-refractivity contribution in [1.29, 1.82) is 0 Å². The van der Waals surface area contributed by atoms with Gasteiger partial charge in [0.1, 0.15) is 6.61 Å². The van der Waals surface area contributed by atoms with Crippen molar-refractivity contribution in [3.05, 3.63) is 99.6 Å². The second-order valence-electron chi connectivity index (χ2n) is 6.83. The number of rotatable bonds is 7. The first-order valence-corrected chi connectivity index (χ1v) is 10.7. The Kier molecular flexibility index (Phi) is 6.36. The number of hydrogen-bond acceptors (Lipinski definition) is 6. The summed E-state index contributed by atoms with van der Waals surface area (Å²) in [6.07, 6.45) is 0. The molecule has 0 amide bonds. The van der Waals surface area contributed by atoms with Crippen LogP contribution in [0.5, 0.6) is 0 Å². The number of carbonyl (C=O) groups is 1. The fraction of sp³-hybridized carbons (Fsp3) is 0.136. The lowest BCUT2D eigenvalue weighted by Gasteiger charge is -2.19. The molecule has 0 aliphatic rings. The van der Waals surface area contributed by atoms with E-state index in [1.54, 1.807) is 24.3 Å². The Morgan fingerprint density at radius 1 is 0.968 bits per heavy atom. The SMILES string of the molecule is Cc1ccc(S(=O)(=O)N(C)c2ccc(C(=O)OCc3ccc([N+](=O)[O-])cc3)cc2)cc1. The van der Waals surface area contributed by atoms with E-state index >= 15 is 0 Å². The van der Waals surface area contributed by atoms with Gasteiger partial charge >= 0.3 is 5.97 Å². The average molecular weight is 440 g/mol. The van der Waals surface area contributed by atoms with Crippen LogP contribution in [-0.4, -0.2) is 26.4 Å². The number of aryl methyl sites for hydroxylation is 1. The van der Waals surface area contributed by atoms with Crippen LogP contribution in [-0.2, 0) is 21.4 Å². The number of benzene rings is 3. The number of nitro benzene ring substituents is 1. The van der Waals surface area contributed by atoms with E-state index in [2.05, 4.69) is 0 Å². The monoisotopic (exact) mass is 440 g/mol. The highest BCUT2D eigenvalue weighted by Gasteiger charge is 2.21. The third-order valence-corrected chi connectivity index (χ3v) is 6.46. The highest BCUT2D eigenvalue weighted by atomic mass is 32.2. The Labute approximate surface area is 179 Å². The van der Waals surface area contributed by atoms with Gasteiger partial charge in [0, 0.05) is 19.2 Å². The van der Waals surface area contributed by atoms with Gasteiger partial charge in [-0.25, -0.2) is 13.2 Å². The highest BCUT2D eigenvalue weighted by molar-refractivity contribution is 7.92. The number of carbonyl (C=O) groups excluding carboxylic acids is 1. The zero-order valence-electron chi connectivity index (χ0n) is 16.9. The lowest BCUT2D eigenvalue weighted by molar-refractivity contribution is -0.384. The van der Waals surface area contributed by atoms with Gasteiger partial charge in [0.25, 0.3) is 15.7 Å². The molecule has 3 rings (SSSR count). The molecule has 8 nitrogen and oxygen atoms in total. The van der Waals surface area contributed by atoms with E-state index in [1.807, 2.05) is 6.92 Å². The van der Waals surface area contributed by atoms with E-state index in [-0.39, 0.29) is 22.8 Å². The lowest BCUT2D eigenvalue weighted by Crippen LogP contribution is -2.26. The molecule has 3 aromatic carbocycles. The molecule has 0 saturated carbocycles. The maximum atomic E-state index is 12.8. The van der Waals surface area contributed by atoms with Gasteiger partial charge in [-0.2, -0.15) is 0 Å². The molecule has 0 fully saturated rings. The lowest BCUT2D eigenvalue weighted by atomic mass is 10.2. The maximum absolute atomic E-state index is 12.8. The summed E-state index contributed by atoms with van der Waals surface area (Å²) in [5.74, 6) is -0.589. The van der Waals surface area contributed by atoms with E-state index in [1.165, 1.54) is 55.6 Å². The summed E-state index contributed by atoms with van der Waals surface area (Å²) in [4.78, 5) is 22.6. The predicted octanol–water partition coefficient (Wildman–Crippen LogP) is 4.09. The molecule has 0 unspecified atom stereocenters. The summed E-state index contributed by atoms with van der Waals surface area (Å²) < 4.78 is 31.9. The van der Waals surface area contributed by atoms with Gasteiger partial charge in [0.15, 0.2) is 0 Å². The molecule has 0 N–H and O–H groups in total. The minimum atomic E-state index is -3.73. The molecule has 3 aromatic rings. The van der Waals surface area contributed by atoms with Crippen LogP contribution >= 0.6 is 0 Å². The molecule has 0 bridgehead atoms. The van der Waals surface area contributed by atoms with Crippen LogP contribution in [0, 0.1) is 17.0 Å². The van der Waals surface area contributed by atoms with Crippen LogP contribution in [0.1, 0.15) is 21.5 Å². The summed E-state index contributed by atoms with van der Waals surface area (Å²) in [6.45, 7) is 1.83. The minimum absolute atomic E-state index is 0.0414. The summed E-state index contributed by atoms with van der Waals surface area (Å²) >= 11 is 0. The van der Waals surface area contributed by atoms with Gasteiger partial charge in [-0.3, -0.25) is 14.4 Å². The first kappa shape index (κ1) is 22.0. The number of ether oxygens (including phenoxy) is 1. The molecular formula is C22H20N2O6S. The van der Waals surface area contributed by atoms with Crippen LogP contribution in [0.15, 0.2) is 77.7 Å². The zero-order chi connectivity index (χ0) is 22.6. The molecule has 31 heavy (non-hydrogen) atoms. The molecule has 0 atom stereocenters. The Hall–Kier alpha value is -3.72. The number of anilines is 1. The number of esters is 1. The smallest absolute Gasteiger partial charge is 0.338 e. The Morgan fingerprint density at radius 2 is 1.55 bits per heavy atom. The van der Waals surface area contributed by atoms with E-state index in [0.29, 0.717) is 11.3 Å². The average Bonchev–Trinajstić information content (AvgIpc) is 2.77. The molecule has 0 radical (unpaired) electrons. The zero-order valence-corrected chi connectivity index (χ0v) is 17.7. The molecule has 0 spiro atoms. The number of nitro groups is 1. The summed E-state index contributed by atoms with van der Waals surface area (Å²) in [6, 6.07) is 18.3.